The zero-order valence-electron chi connectivity index (χ0n) is 10.2. The fourth-order valence-corrected chi connectivity index (χ4v) is 2.17. The van der Waals surface area contributed by atoms with E-state index in [2.05, 4.69) is 25.1 Å². The van der Waals surface area contributed by atoms with Crippen LogP contribution in [-0.4, -0.2) is 5.78 Å². The van der Waals surface area contributed by atoms with E-state index in [9.17, 15) is 4.79 Å². The van der Waals surface area contributed by atoms with Gasteiger partial charge in [-0.1, -0.05) is 48.6 Å². The lowest BCUT2D eigenvalue weighted by atomic mass is 9.92. The molecule has 1 aliphatic rings. The van der Waals surface area contributed by atoms with Crippen molar-refractivity contribution in [3.8, 4) is 0 Å². The third kappa shape index (κ3) is 3.42. The maximum atomic E-state index is 12.0. The SMILES string of the molecule is Cc1ccccc1CC(=O)CC1C=CC=CC1. The van der Waals surface area contributed by atoms with Crippen molar-refractivity contribution in [2.24, 2.45) is 5.92 Å². The van der Waals surface area contributed by atoms with Gasteiger partial charge in [-0.05, 0) is 30.4 Å². The van der Waals surface area contributed by atoms with Crippen LogP contribution in [0, 0.1) is 12.8 Å². The van der Waals surface area contributed by atoms with Crippen LogP contribution in [0.2, 0.25) is 0 Å². The molecule has 0 aromatic heterocycles. The largest absolute Gasteiger partial charge is 0.299 e. The molecule has 0 saturated heterocycles. The van der Waals surface area contributed by atoms with E-state index in [4.69, 9.17) is 0 Å². The zero-order chi connectivity index (χ0) is 12.1. The number of Topliss-reactive ketones (excluding diaryl/α,β-unsaturated/α-hetero) is 1. The van der Waals surface area contributed by atoms with Crippen LogP contribution in [0.3, 0.4) is 0 Å². The van der Waals surface area contributed by atoms with E-state index < -0.39 is 0 Å². The van der Waals surface area contributed by atoms with E-state index in [0.29, 0.717) is 24.5 Å². The third-order valence-corrected chi connectivity index (χ3v) is 3.21. The molecule has 0 aliphatic heterocycles. The quantitative estimate of drug-likeness (QED) is 0.766. The Morgan fingerprint density at radius 2 is 2.12 bits per heavy atom. The van der Waals surface area contributed by atoms with Gasteiger partial charge < -0.3 is 0 Å². The molecule has 88 valence electrons. The number of benzene rings is 1. The number of hydrogen-bond donors (Lipinski definition) is 0. The predicted molar refractivity (Wildman–Crippen MR) is 70.9 cm³/mol. The Bertz CT molecular complexity index is 454. The molecule has 17 heavy (non-hydrogen) atoms. The molecule has 1 atom stereocenters. The van der Waals surface area contributed by atoms with Gasteiger partial charge in [0.15, 0.2) is 0 Å². The minimum absolute atomic E-state index is 0.337. The van der Waals surface area contributed by atoms with Crippen LogP contribution in [0.1, 0.15) is 24.0 Å². The molecule has 0 saturated carbocycles. The van der Waals surface area contributed by atoms with Crippen LogP contribution in [0.5, 0.6) is 0 Å². The average molecular weight is 226 g/mol. The number of aryl methyl sites for hydroxylation is 1. The summed E-state index contributed by atoms with van der Waals surface area (Å²) in [6, 6.07) is 8.12. The van der Waals surface area contributed by atoms with Gasteiger partial charge in [0.05, 0.1) is 0 Å². The summed E-state index contributed by atoms with van der Waals surface area (Å²) in [7, 11) is 0. The van der Waals surface area contributed by atoms with Gasteiger partial charge in [0, 0.05) is 12.8 Å². The number of carbonyl (C=O) groups is 1. The monoisotopic (exact) mass is 226 g/mol. The van der Waals surface area contributed by atoms with E-state index in [-0.39, 0.29) is 0 Å². The van der Waals surface area contributed by atoms with Gasteiger partial charge in [0.1, 0.15) is 5.78 Å². The average Bonchev–Trinajstić information content (AvgIpc) is 2.33. The molecule has 1 aliphatic carbocycles. The summed E-state index contributed by atoms with van der Waals surface area (Å²) >= 11 is 0. The van der Waals surface area contributed by atoms with Crippen molar-refractivity contribution in [1.82, 2.24) is 0 Å². The number of allylic oxidation sites excluding steroid dienone is 4. The fraction of sp³-hybridized carbons (Fsp3) is 0.312. The zero-order valence-corrected chi connectivity index (χ0v) is 10.2. The summed E-state index contributed by atoms with van der Waals surface area (Å²) in [5, 5.41) is 0. The fourth-order valence-electron chi connectivity index (χ4n) is 2.17. The Balaban J connectivity index is 1.91. The molecule has 1 nitrogen and oxygen atoms in total. The van der Waals surface area contributed by atoms with E-state index in [1.165, 1.54) is 5.56 Å². The lowest BCUT2D eigenvalue weighted by Crippen LogP contribution is -2.10. The van der Waals surface area contributed by atoms with E-state index >= 15 is 0 Å². The summed E-state index contributed by atoms with van der Waals surface area (Å²) in [5.74, 6) is 0.737. The van der Waals surface area contributed by atoms with Crippen LogP contribution >= 0.6 is 0 Å². The summed E-state index contributed by atoms with van der Waals surface area (Å²) in [4.78, 5) is 12.0. The highest BCUT2D eigenvalue weighted by atomic mass is 16.1. The van der Waals surface area contributed by atoms with Crippen molar-refractivity contribution in [2.45, 2.75) is 26.2 Å². The van der Waals surface area contributed by atoms with Gasteiger partial charge in [-0.2, -0.15) is 0 Å². The maximum absolute atomic E-state index is 12.0. The Hall–Kier alpha value is -1.63. The van der Waals surface area contributed by atoms with E-state index in [0.717, 1.165) is 12.0 Å². The molecule has 1 aromatic rings. The van der Waals surface area contributed by atoms with Crippen molar-refractivity contribution in [1.29, 1.82) is 0 Å². The minimum atomic E-state index is 0.337. The summed E-state index contributed by atoms with van der Waals surface area (Å²) in [5.41, 5.74) is 2.37. The molecule has 0 spiro atoms. The smallest absolute Gasteiger partial charge is 0.137 e. The van der Waals surface area contributed by atoms with Crippen LogP contribution in [0.25, 0.3) is 0 Å². The molecule has 1 aromatic carbocycles. The number of ketones is 1. The van der Waals surface area contributed by atoms with E-state index in [1.807, 2.05) is 30.4 Å². The maximum Gasteiger partial charge on any atom is 0.137 e. The Morgan fingerprint density at radius 3 is 2.82 bits per heavy atom. The Labute approximate surface area is 103 Å². The lowest BCUT2D eigenvalue weighted by Gasteiger charge is -2.12. The Kier molecular flexibility index (Phi) is 3.92. The molecule has 0 N–H and O–H groups in total. The molecule has 0 amide bonds. The highest BCUT2D eigenvalue weighted by Gasteiger charge is 2.12. The molecular formula is C16H18O. The predicted octanol–water partition coefficient (Wildman–Crippen LogP) is 3.63. The topological polar surface area (TPSA) is 17.1 Å². The van der Waals surface area contributed by atoms with Crippen molar-refractivity contribution >= 4 is 5.78 Å². The normalized spacial score (nSPS) is 18.3. The molecule has 0 bridgehead atoms. The van der Waals surface area contributed by atoms with E-state index in [1.54, 1.807) is 0 Å². The van der Waals surface area contributed by atoms with Gasteiger partial charge in [-0.25, -0.2) is 0 Å². The molecule has 0 fully saturated rings. The second-order valence-corrected chi connectivity index (χ2v) is 4.65. The third-order valence-electron chi connectivity index (χ3n) is 3.21. The summed E-state index contributed by atoms with van der Waals surface area (Å²) in [6.07, 6.45) is 10.6. The van der Waals surface area contributed by atoms with Gasteiger partial charge in [0.2, 0.25) is 0 Å². The summed E-state index contributed by atoms with van der Waals surface area (Å²) < 4.78 is 0. The number of hydrogen-bond acceptors (Lipinski definition) is 1. The van der Waals surface area contributed by atoms with Crippen LogP contribution < -0.4 is 0 Å². The molecule has 0 heterocycles. The van der Waals surface area contributed by atoms with Gasteiger partial charge in [-0.3, -0.25) is 4.79 Å². The molecule has 1 unspecified atom stereocenters. The standard InChI is InChI=1S/C16H18O/c1-13-7-5-6-10-15(13)12-16(17)11-14-8-3-2-4-9-14/h2-8,10,14H,9,11-12H2,1H3. The molecule has 1 heteroatoms. The summed E-state index contributed by atoms with van der Waals surface area (Å²) in [6.45, 7) is 2.06. The Morgan fingerprint density at radius 1 is 1.29 bits per heavy atom. The molecule has 0 radical (unpaired) electrons. The van der Waals surface area contributed by atoms with Crippen LogP contribution in [0.15, 0.2) is 48.6 Å². The first kappa shape index (κ1) is 11.8. The first-order chi connectivity index (χ1) is 8.25. The number of carbonyl (C=O) groups excluding carboxylic acids is 1. The number of rotatable bonds is 4. The van der Waals surface area contributed by atoms with Crippen molar-refractivity contribution < 1.29 is 4.79 Å². The molecular weight excluding hydrogens is 208 g/mol. The molecule has 2 rings (SSSR count). The lowest BCUT2D eigenvalue weighted by molar-refractivity contribution is -0.119. The first-order valence-corrected chi connectivity index (χ1v) is 6.15. The highest BCUT2D eigenvalue weighted by Crippen LogP contribution is 2.18. The van der Waals surface area contributed by atoms with Crippen LogP contribution in [0.4, 0.5) is 0 Å². The van der Waals surface area contributed by atoms with Crippen molar-refractivity contribution in [2.75, 3.05) is 0 Å². The van der Waals surface area contributed by atoms with Crippen LogP contribution in [-0.2, 0) is 11.2 Å². The minimum Gasteiger partial charge on any atom is -0.299 e. The highest BCUT2D eigenvalue weighted by molar-refractivity contribution is 5.81. The first-order valence-electron chi connectivity index (χ1n) is 6.15. The van der Waals surface area contributed by atoms with Crippen molar-refractivity contribution in [3.05, 3.63) is 59.7 Å². The van der Waals surface area contributed by atoms with Gasteiger partial charge >= 0.3 is 0 Å². The van der Waals surface area contributed by atoms with Crippen molar-refractivity contribution in [3.63, 3.8) is 0 Å². The second-order valence-electron chi connectivity index (χ2n) is 4.65. The van der Waals surface area contributed by atoms with Gasteiger partial charge in [-0.15, -0.1) is 0 Å². The van der Waals surface area contributed by atoms with Gasteiger partial charge in [0.25, 0.3) is 0 Å². The second kappa shape index (κ2) is 5.62.